The molecule has 3 rings (SSSR count). The van der Waals surface area contributed by atoms with Crippen molar-refractivity contribution in [2.75, 3.05) is 11.5 Å². The van der Waals surface area contributed by atoms with Crippen LogP contribution >= 0.6 is 62.5 Å². The number of carbonyl (C=O) groups excluding carboxylic acids is 1. The predicted octanol–water partition coefficient (Wildman–Crippen LogP) is 8.70. The van der Waals surface area contributed by atoms with Gasteiger partial charge in [-0.2, -0.15) is 24.9 Å². The Balaban J connectivity index is 1.84. The van der Waals surface area contributed by atoms with Crippen molar-refractivity contribution >= 4 is 74.4 Å². The highest BCUT2D eigenvalue weighted by Crippen LogP contribution is 2.41. The van der Waals surface area contributed by atoms with Gasteiger partial charge in [-0.3, -0.25) is 4.79 Å². The van der Waals surface area contributed by atoms with Gasteiger partial charge >= 0.3 is 6.18 Å². The minimum atomic E-state index is -4.55. The summed E-state index contributed by atoms with van der Waals surface area (Å²) in [5.41, 5.74) is 0.952. The largest absolute Gasteiger partial charge is 0.399 e. The fraction of sp³-hybridized carbons (Fsp3) is 0.286. The lowest BCUT2D eigenvalue weighted by atomic mass is 9.96. The van der Waals surface area contributed by atoms with Gasteiger partial charge in [-0.1, -0.05) is 69.0 Å². The Morgan fingerprint density at radius 3 is 2.30 bits per heavy atom. The van der Waals surface area contributed by atoms with Crippen LogP contribution in [-0.4, -0.2) is 23.5 Å². The molecule has 1 unspecified atom stereocenters. The van der Waals surface area contributed by atoms with E-state index in [9.17, 15) is 18.0 Å². The summed E-state index contributed by atoms with van der Waals surface area (Å²) in [7, 11) is 0. The fourth-order valence-corrected chi connectivity index (χ4v) is 5.04. The maximum absolute atomic E-state index is 13.7. The Kier molecular flexibility index (Phi) is 7.89. The summed E-state index contributed by atoms with van der Waals surface area (Å²) in [6, 6.07) is 7.22. The number of alkyl halides is 3. The van der Waals surface area contributed by atoms with Crippen LogP contribution in [0.15, 0.2) is 40.9 Å². The zero-order valence-corrected chi connectivity index (χ0v) is 20.0. The quantitative estimate of drug-likeness (QED) is 0.261. The van der Waals surface area contributed by atoms with Crippen molar-refractivity contribution in [3.63, 3.8) is 0 Å². The first-order chi connectivity index (χ1) is 14.1. The second kappa shape index (κ2) is 9.86. The van der Waals surface area contributed by atoms with Crippen LogP contribution < -0.4 is 0 Å². The number of benzene rings is 2. The molecule has 0 aliphatic carbocycles. The number of ketones is 1. The van der Waals surface area contributed by atoms with Gasteiger partial charge in [-0.05, 0) is 52.8 Å². The Bertz CT molecular complexity index is 967. The molecule has 1 aliphatic rings. The first kappa shape index (κ1) is 24.0. The number of thioether (sulfide) groups is 1. The van der Waals surface area contributed by atoms with Crippen LogP contribution in [0.1, 0.15) is 33.8 Å². The molecule has 1 saturated heterocycles. The average molecular weight is 559 g/mol. The molecule has 1 nitrogen and oxygen atoms in total. The van der Waals surface area contributed by atoms with Gasteiger partial charge in [0.25, 0.3) is 0 Å². The van der Waals surface area contributed by atoms with Crippen molar-refractivity contribution in [1.82, 2.24) is 0 Å². The van der Waals surface area contributed by atoms with E-state index in [0.29, 0.717) is 27.9 Å². The normalized spacial score (nSPS) is 16.0. The number of hydrogen-bond acceptors (Lipinski definition) is 2. The van der Waals surface area contributed by atoms with Crippen molar-refractivity contribution in [3.8, 4) is 0 Å². The van der Waals surface area contributed by atoms with Gasteiger partial charge in [0.15, 0.2) is 5.78 Å². The molecule has 160 valence electrons. The highest BCUT2D eigenvalue weighted by Gasteiger charge is 2.39. The minimum absolute atomic E-state index is 0.0108. The molecule has 9 heteroatoms. The molecule has 1 aliphatic heterocycles. The molecule has 1 fully saturated rings. The van der Waals surface area contributed by atoms with Gasteiger partial charge in [0.2, 0.25) is 0 Å². The molecule has 30 heavy (non-hydrogen) atoms. The third-order valence-corrected chi connectivity index (χ3v) is 7.94. The van der Waals surface area contributed by atoms with Gasteiger partial charge < -0.3 is 0 Å². The highest BCUT2D eigenvalue weighted by molar-refractivity contribution is 9.10. The first-order valence-corrected chi connectivity index (χ1v) is 11.9. The van der Waals surface area contributed by atoms with E-state index in [1.807, 2.05) is 11.8 Å². The Hall–Kier alpha value is -0.660. The van der Waals surface area contributed by atoms with E-state index in [0.717, 1.165) is 29.7 Å². The van der Waals surface area contributed by atoms with Crippen LogP contribution in [0.25, 0.3) is 6.08 Å². The van der Waals surface area contributed by atoms with Gasteiger partial charge in [0.05, 0.1) is 21.0 Å². The summed E-state index contributed by atoms with van der Waals surface area (Å²) >= 11 is 22.8. The summed E-state index contributed by atoms with van der Waals surface area (Å²) in [5, 5.41) is -0.0775. The van der Waals surface area contributed by atoms with E-state index < -0.39 is 12.1 Å². The molecule has 0 aromatic heterocycles. The van der Waals surface area contributed by atoms with E-state index in [-0.39, 0.29) is 26.4 Å². The predicted molar refractivity (Wildman–Crippen MR) is 123 cm³/mol. The minimum Gasteiger partial charge on any atom is -0.294 e. The Morgan fingerprint density at radius 1 is 1.17 bits per heavy atom. The SMILES string of the molecule is O=C(CC1CSC1)c1ccc(/C=C/C(c2cc(Cl)c(Cl)c(Cl)c2)C(F)(F)F)cc1Br. The number of halogens is 7. The van der Waals surface area contributed by atoms with Crippen LogP contribution in [-0.2, 0) is 0 Å². The maximum Gasteiger partial charge on any atom is 0.399 e. The lowest BCUT2D eigenvalue weighted by molar-refractivity contribution is -0.139. The Labute approximate surface area is 200 Å². The zero-order valence-electron chi connectivity index (χ0n) is 15.3. The van der Waals surface area contributed by atoms with Gasteiger partial charge in [0, 0.05) is 16.5 Å². The molecular weight excluding hydrogens is 544 g/mol. The third-order valence-electron chi connectivity index (χ3n) is 4.67. The fourth-order valence-electron chi connectivity index (χ4n) is 3.01. The standard InChI is InChI=1S/C21H15BrCl3F3OS/c22-16-5-11(1-3-14(16)19(29)6-12-9-30-10-12)2-4-15(21(26,27)28)13-7-17(23)20(25)18(24)8-13/h1-5,7-8,12,15H,6,9-10H2/b4-2+. The molecule has 1 heterocycles. The molecule has 0 saturated carbocycles. The number of Topliss-reactive ketones (excluding diaryl/α,β-unsaturated/α-hetero) is 1. The van der Waals surface area contributed by atoms with Crippen LogP contribution in [0, 0.1) is 5.92 Å². The molecule has 0 N–H and O–H groups in total. The maximum atomic E-state index is 13.7. The molecule has 1 atom stereocenters. The van der Waals surface area contributed by atoms with Crippen molar-refractivity contribution in [3.05, 3.63) is 72.6 Å². The summed E-state index contributed by atoms with van der Waals surface area (Å²) < 4.78 is 41.5. The van der Waals surface area contributed by atoms with E-state index in [1.54, 1.807) is 18.2 Å². The number of carbonyl (C=O) groups is 1. The highest BCUT2D eigenvalue weighted by atomic mass is 79.9. The molecule has 0 spiro atoms. The summed E-state index contributed by atoms with van der Waals surface area (Å²) in [4.78, 5) is 12.4. The van der Waals surface area contributed by atoms with E-state index in [4.69, 9.17) is 34.8 Å². The lowest BCUT2D eigenvalue weighted by Gasteiger charge is -2.24. The average Bonchev–Trinajstić information content (AvgIpc) is 2.61. The number of rotatable bonds is 6. The monoisotopic (exact) mass is 556 g/mol. The summed E-state index contributed by atoms with van der Waals surface area (Å²) in [5.74, 6) is 0.491. The molecular formula is C21H15BrCl3F3OS. The van der Waals surface area contributed by atoms with Crippen molar-refractivity contribution in [2.24, 2.45) is 5.92 Å². The van der Waals surface area contributed by atoms with Crippen LogP contribution in [0.3, 0.4) is 0 Å². The summed E-state index contributed by atoms with van der Waals surface area (Å²) in [6.07, 6.45) is -1.68. The van der Waals surface area contributed by atoms with E-state index in [2.05, 4.69) is 15.9 Å². The van der Waals surface area contributed by atoms with Crippen molar-refractivity contribution in [1.29, 1.82) is 0 Å². The topological polar surface area (TPSA) is 17.1 Å². The number of allylic oxidation sites excluding steroid dienone is 1. The second-order valence-corrected chi connectivity index (χ2v) is 10.1. The number of hydrogen-bond donors (Lipinski definition) is 0. The van der Waals surface area contributed by atoms with E-state index >= 15 is 0 Å². The Morgan fingerprint density at radius 2 is 1.80 bits per heavy atom. The smallest absolute Gasteiger partial charge is 0.294 e. The molecule has 0 amide bonds. The lowest BCUT2D eigenvalue weighted by Crippen LogP contribution is -2.21. The van der Waals surface area contributed by atoms with Crippen LogP contribution in [0.5, 0.6) is 0 Å². The molecule has 0 bridgehead atoms. The van der Waals surface area contributed by atoms with Gasteiger partial charge in [0.1, 0.15) is 0 Å². The zero-order chi connectivity index (χ0) is 22.1. The van der Waals surface area contributed by atoms with E-state index in [1.165, 1.54) is 6.08 Å². The van der Waals surface area contributed by atoms with Crippen molar-refractivity contribution < 1.29 is 18.0 Å². The molecule has 2 aromatic rings. The summed E-state index contributed by atoms with van der Waals surface area (Å²) in [6.45, 7) is 0. The van der Waals surface area contributed by atoms with Crippen molar-refractivity contribution in [2.45, 2.75) is 18.5 Å². The van der Waals surface area contributed by atoms with Gasteiger partial charge in [-0.25, -0.2) is 0 Å². The third kappa shape index (κ3) is 5.77. The van der Waals surface area contributed by atoms with Crippen LogP contribution in [0.2, 0.25) is 15.1 Å². The van der Waals surface area contributed by atoms with Gasteiger partial charge in [-0.15, -0.1) is 0 Å². The van der Waals surface area contributed by atoms with Crippen LogP contribution in [0.4, 0.5) is 13.2 Å². The second-order valence-electron chi connectivity index (χ2n) is 6.95. The first-order valence-electron chi connectivity index (χ1n) is 8.86. The molecule has 0 radical (unpaired) electrons. The molecule has 2 aromatic carbocycles.